The lowest BCUT2D eigenvalue weighted by molar-refractivity contribution is 0.120. The molecule has 3 atom stereocenters. The number of phenols is 1. The highest BCUT2D eigenvalue weighted by Crippen LogP contribution is 2.65. The first-order chi connectivity index (χ1) is 8.95. The van der Waals surface area contributed by atoms with Crippen LogP contribution in [0.4, 0.5) is 0 Å². The van der Waals surface area contributed by atoms with Crippen LogP contribution < -0.4 is 5.32 Å². The third-order valence-corrected chi connectivity index (χ3v) is 6.32. The largest absolute Gasteiger partial charge is 0.508 e. The van der Waals surface area contributed by atoms with Gasteiger partial charge in [-0.25, -0.2) is 0 Å². The summed E-state index contributed by atoms with van der Waals surface area (Å²) in [6.45, 7) is 8.09. The van der Waals surface area contributed by atoms with Crippen molar-refractivity contribution in [3.05, 3.63) is 29.8 Å². The van der Waals surface area contributed by atoms with E-state index in [4.69, 9.17) is 0 Å². The van der Waals surface area contributed by atoms with Crippen molar-refractivity contribution in [1.29, 1.82) is 0 Å². The van der Waals surface area contributed by atoms with Crippen molar-refractivity contribution >= 4 is 0 Å². The van der Waals surface area contributed by atoms with Crippen molar-refractivity contribution in [2.45, 2.75) is 52.6 Å². The summed E-state index contributed by atoms with van der Waals surface area (Å²) in [6, 6.07) is 8.22. The third-order valence-electron chi connectivity index (χ3n) is 6.32. The Labute approximate surface area is 116 Å². The maximum atomic E-state index is 9.84. The monoisotopic (exact) mass is 259 g/mol. The molecule has 104 valence electrons. The summed E-state index contributed by atoms with van der Waals surface area (Å²) in [4.78, 5) is 0. The maximum absolute atomic E-state index is 9.84. The van der Waals surface area contributed by atoms with E-state index >= 15 is 0 Å². The van der Waals surface area contributed by atoms with Crippen LogP contribution in [0.1, 0.15) is 45.6 Å². The molecule has 0 unspecified atom stereocenters. The molecule has 2 fully saturated rings. The highest BCUT2D eigenvalue weighted by Gasteiger charge is 2.60. The zero-order valence-electron chi connectivity index (χ0n) is 12.2. The minimum absolute atomic E-state index is 0.405. The van der Waals surface area contributed by atoms with E-state index in [1.54, 1.807) is 6.07 Å². The van der Waals surface area contributed by atoms with E-state index in [0.29, 0.717) is 22.6 Å². The molecule has 2 heteroatoms. The summed E-state index contributed by atoms with van der Waals surface area (Å²) in [6.07, 6.45) is 4.01. The van der Waals surface area contributed by atoms with Crippen LogP contribution in [-0.2, 0) is 6.54 Å². The van der Waals surface area contributed by atoms with E-state index in [1.165, 1.54) is 19.3 Å². The van der Waals surface area contributed by atoms with E-state index in [0.717, 1.165) is 18.0 Å². The SMILES string of the molecule is CC1(C)[C@@H]2CC[C@]1(C)[C@H](NCc1ccccc1O)C2. The molecule has 0 aliphatic heterocycles. The number of benzene rings is 1. The van der Waals surface area contributed by atoms with Crippen LogP contribution in [0.3, 0.4) is 0 Å². The standard InChI is InChI=1S/C17H25NO/c1-16(2)13-8-9-17(16,3)15(10-13)18-11-12-6-4-5-7-14(12)19/h4-7,13,15,18-19H,8-11H2,1-3H3/t13-,15-,17-/m1/s1. The Morgan fingerprint density at radius 1 is 1.26 bits per heavy atom. The predicted octanol–water partition coefficient (Wildman–Crippen LogP) is 3.70. The number of nitrogens with one attached hydrogen (secondary N) is 1. The Morgan fingerprint density at radius 3 is 2.58 bits per heavy atom. The summed E-state index contributed by atoms with van der Waals surface area (Å²) >= 11 is 0. The van der Waals surface area contributed by atoms with Crippen LogP contribution in [0.15, 0.2) is 24.3 Å². The second kappa shape index (κ2) is 4.24. The number of fused-ring (bicyclic) bond motifs is 2. The molecule has 2 saturated carbocycles. The minimum atomic E-state index is 0.405. The zero-order valence-corrected chi connectivity index (χ0v) is 12.2. The van der Waals surface area contributed by atoms with E-state index in [1.807, 2.05) is 18.2 Å². The third kappa shape index (κ3) is 1.80. The fraction of sp³-hybridized carbons (Fsp3) is 0.647. The van der Waals surface area contributed by atoms with Gasteiger partial charge in [-0.15, -0.1) is 0 Å². The highest BCUT2D eigenvalue weighted by molar-refractivity contribution is 5.31. The van der Waals surface area contributed by atoms with Crippen LogP contribution >= 0.6 is 0 Å². The van der Waals surface area contributed by atoms with Gasteiger partial charge in [0.05, 0.1) is 0 Å². The fourth-order valence-corrected chi connectivity index (χ4v) is 4.41. The van der Waals surface area contributed by atoms with Gasteiger partial charge >= 0.3 is 0 Å². The van der Waals surface area contributed by atoms with E-state index in [-0.39, 0.29) is 0 Å². The molecule has 3 rings (SSSR count). The van der Waals surface area contributed by atoms with Gasteiger partial charge in [0.1, 0.15) is 5.75 Å². The maximum Gasteiger partial charge on any atom is 0.120 e. The average molecular weight is 259 g/mol. The van der Waals surface area contributed by atoms with Gasteiger partial charge in [-0.05, 0) is 42.1 Å². The molecule has 2 aliphatic carbocycles. The molecule has 2 bridgehead atoms. The molecule has 19 heavy (non-hydrogen) atoms. The lowest BCUT2D eigenvalue weighted by atomic mass is 9.69. The predicted molar refractivity (Wildman–Crippen MR) is 78.0 cm³/mol. The molecule has 0 heterocycles. The van der Waals surface area contributed by atoms with Crippen molar-refractivity contribution in [3.63, 3.8) is 0 Å². The molecule has 2 N–H and O–H groups in total. The zero-order chi connectivity index (χ0) is 13.7. The van der Waals surface area contributed by atoms with Gasteiger partial charge in [0.25, 0.3) is 0 Å². The number of aromatic hydroxyl groups is 1. The van der Waals surface area contributed by atoms with Crippen LogP contribution in [0.25, 0.3) is 0 Å². The van der Waals surface area contributed by atoms with Crippen molar-refractivity contribution in [3.8, 4) is 5.75 Å². The molecular formula is C17H25NO. The second-order valence-electron chi connectivity index (χ2n) is 7.17. The first-order valence-corrected chi connectivity index (χ1v) is 7.45. The smallest absolute Gasteiger partial charge is 0.120 e. The molecule has 1 aromatic rings. The minimum Gasteiger partial charge on any atom is -0.508 e. The second-order valence-corrected chi connectivity index (χ2v) is 7.17. The number of rotatable bonds is 3. The van der Waals surface area contributed by atoms with Crippen LogP contribution in [0, 0.1) is 16.7 Å². The molecule has 2 nitrogen and oxygen atoms in total. The molecule has 0 amide bonds. The van der Waals surface area contributed by atoms with Gasteiger partial charge in [0, 0.05) is 18.2 Å². The van der Waals surface area contributed by atoms with Crippen LogP contribution in [-0.4, -0.2) is 11.1 Å². The van der Waals surface area contributed by atoms with Crippen molar-refractivity contribution in [2.75, 3.05) is 0 Å². The normalized spacial score (nSPS) is 35.7. The molecule has 0 aromatic heterocycles. The Balaban J connectivity index is 1.71. The van der Waals surface area contributed by atoms with E-state index in [9.17, 15) is 5.11 Å². The van der Waals surface area contributed by atoms with Gasteiger partial charge in [0.2, 0.25) is 0 Å². The topological polar surface area (TPSA) is 32.3 Å². The van der Waals surface area contributed by atoms with Gasteiger partial charge in [0.15, 0.2) is 0 Å². The quantitative estimate of drug-likeness (QED) is 0.867. The highest BCUT2D eigenvalue weighted by atomic mass is 16.3. The first kappa shape index (κ1) is 13.0. The molecule has 0 spiro atoms. The van der Waals surface area contributed by atoms with Gasteiger partial charge in [-0.2, -0.15) is 0 Å². The van der Waals surface area contributed by atoms with Crippen molar-refractivity contribution < 1.29 is 5.11 Å². The number of para-hydroxylation sites is 1. The van der Waals surface area contributed by atoms with Gasteiger partial charge < -0.3 is 10.4 Å². The molecule has 0 radical (unpaired) electrons. The Bertz CT molecular complexity index is 482. The summed E-state index contributed by atoms with van der Waals surface area (Å²) in [5.74, 6) is 1.27. The average Bonchev–Trinajstić information content (AvgIpc) is 2.70. The summed E-state index contributed by atoms with van der Waals surface area (Å²) in [5.41, 5.74) is 1.86. The van der Waals surface area contributed by atoms with E-state index < -0.39 is 0 Å². The summed E-state index contributed by atoms with van der Waals surface area (Å²) in [7, 11) is 0. The number of hydrogen-bond donors (Lipinski definition) is 2. The Hall–Kier alpha value is -1.02. The van der Waals surface area contributed by atoms with Gasteiger partial charge in [-0.1, -0.05) is 39.0 Å². The fourth-order valence-electron chi connectivity index (χ4n) is 4.41. The Kier molecular flexibility index (Phi) is 2.90. The van der Waals surface area contributed by atoms with Gasteiger partial charge in [-0.3, -0.25) is 0 Å². The Morgan fingerprint density at radius 2 is 2.00 bits per heavy atom. The van der Waals surface area contributed by atoms with Crippen LogP contribution in [0.2, 0.25) is 0 Å². The lowest BCUT2D eigenvalue weighted by Crippen LogP contribution is -2.44. The molecule has 2 aliphatic rings. The molecular weight excluding hydrogens is 234 g/mol. The number of hydrogen-bond acceptors (Lipinski definition) is 2. The molecule has 1 aromatic carbocycles. The van der Waals surface area contributed by atoms with Crippen molar-refractivity contribution in [2.24, 2.45) is 16.7 Å². The lowest BCUT2D eigenvalue weighted by Gasteiger charge is -2.39. The van der Waals surface area contributed by atoms with E-state index in [2.05, 4.69) is 26.1 Å². The van der Waals surface area contributed by atoms with Crippen molar-refractivity contribution in [1.82, 2.24) is 5.32 Å². The summed E-state index contributed by atoms with van der Waals surface area (Å²) in [5, 5.41) is 13.5. The molecule has 0 saturated heterocycles. The number of phenolic OH excluding ortho intramolecular Hbond substituents is 1. The van der Waals surface area contributed by atoms with Crippen LogP contribution in [0.5, 0.6) is 5.75 Å². The first-order valence-electron chi connectivity index (χ1n) is 7.45. The summed E-state index contributed by atoms with van der Waals surface area (Å²) < 4.78 is 0.